The Morgan fingerprint density at radius 2 is 1.68 bits per heavy atom. The minimum Gasteiger partial charge on any atom is -0.343 e. The molecule has 0 heterocycles. The van der Waals surface area contributed by atoms with Gasteiger partial charge in [0.05, 0.1) is 12.5 Å². The van der Waals surface area contributed by atoms with Crippen molar-refractivity contribution in [3.63, 3.8) is 0 Å². The van der Waals surface area contributed by atoms with E-state index in [9.17, 15) is 27.6 Å². The lowest BCUT2D eigenvalue weighted by Crippen LogP contribution is -2.53. The molecule has 2 unspecified atom stereocenters. The molecule has 0 bridgehead atoms. The monoisotopic (exact) mass is 539 g/mol. The van der Waals surface area contributed by atoms with Gasteiger partial charge in [-0.2, -0.15) is 13.2 Å². The molecule has 0 aromatic heterocycles. The number of carbonyl (C=O) groups excluding carboxylic acids is 3. The summed E-state index contributed by atoms with van der Waals surface area (Å²) in [5, 5.41) is 4.90. The average Bonchev–Trinajstić information content (AvgIpc) is 2.88. The number of aliphatic imine (C=N–C) groups is 1. The largest absolute Gasteiger partial charge is 0.412 e. The van der Waals surface area contributed by atoms with Crippen LogP contribution in [0, 0.1) is 0 Å². The first-order chi connectivity index (χ1) is 17.9. The number of nitrogens with two attached hydrogens (primary N) is 3. The first kappa shape index (κ1) is 32.5. The predicted molar refractivity (Wildman–Crippen MR) is 140 cm³/mol. The Hall–Kier alpha value is -3.55. The Morgan fingerprint density at radius 1 is 1.08 bits per heavy atom. The van der Waals surface area contributed by atoms with Gasteiger partial charge in [-0.1, -0.05) is 36.4 Å². The van der Waals surface area contributed by atoms with Crippen molar-refractivity contribution in [2.24, 2.45) is 22.2 Å². The SMILES string of the molecule is C=NC(=CC=C(C)C(F)(F)F)NC(=O)C(CCc1ccccc1)NC(=O)C(N)CC(=O)N(CCN)CCN. The van der Waals surface area contributed by atoms with E-state index in [0.717, 1.165) is 24.6 Å². The highest BCUT2D eigenvalue weighted by molar-refractivity contribution is 5.92. The Labute approximate surface area is 220 Å². The quantitative estimate of drug-likeness (QED) is 0.163. The second-order valence-corrected chi connectivity index (χ2v) is 8.40. The van der Waals surface area contributed by atoms with E-state index in [0.29, 0.717) is 6.42 Å². The van der Waals surface area contributed by atoms with E-state index >= 15 is 0 Å². The van der Waals surface area contributed by atoms with E-state index in [1.54, 1.807) is 0 Å². The summed E-state index contributed by atoms with van der Waals surface area (Å²) in [6.07, 6.45) is -2.65. The van der Waals surface area contributed by atoms with E-state index in [4.69, 9.17) is 17.2 Å². The number of allylic oxidation sites excluding steroid dienone is 3. The molecule has 8 N–H and O–H groups in total. The molecule has 0 aliphatic rings. The summed E-state index contributed by atoms with van der Waals surface area (Å²) >= 11 is 0. The van der Waals surface area contributed by atoms with Gasteiger partial charge in [0.1, 0.15) is 11.9 Å². The maximum atomic E-state index is 13.0. The number of amides is 3. The van der Waals surface area contributed by atoms with Crippen molar-refractivity contribution in [2.45, 2.75) is 44.4 Å². The molecule has 0 spiro atoms. The molecule has 1 rings (SSSR count). The first-order valence-corrected chi connectivity index (χ1v) is 11.9. The molecule has 0 saturated carbocycles. The van der Waals surface area contributed by atoms with Crippen molar-refractivity contribution in [1.82, 2.24) is 15.5 Å². The van der Waals surface area contributed by atoms with Gasteiger partial charge in [0.25, 0.3) is 0 Å². The van der Waals surface area contributed by atoms with Crippen molar-refractivity contribution in [1.29, 1.82) is 0 Å². The smallest absolute Gasteiger partial charge is 0.343 e. The van der Waals surface area contributed by atoms with E-state index in [2.05, 4.69) is 22.3 Å². The van der Waals surface area contributed by atoms with Gasteiger partial charge >= 0.3 is 6.18 Å². The van der Waals surface area contributed by atoms with Crippen LogP contribution in [0.2, 0.25) is 0 Å². The number of nitrogens with one attached hydrogen (secondary N) is 2. The number of nitrogens with zero attached hydrogens (tertiary/aromatic N) is 2. The van der Waals surface area contributed by atoms with Crippen molar-refractivity contribution in [2.75, 3.05) is 26.2 Å². The summed E-state index contributed by atoms with van der Waals surface area (Å²) in [4.78, 5) is 43.3. The Bertz CT molecular complexity index is 992. The van der Waals surface area contributed by atoms with Gasteiger partial charge in [-0.25, -0.2) is 4.99 Å². The molecule has 10 nitrogen and oxygen atoms in total. The summed E-state index contributed by atoms with van der Waals surface area (Å²) in [5.41, 5.74) is 17.0. The average molecular weight is 540 g/mol. The van der Waals surface area contributed by atoms with E-state index in [1.807, 2.05) is 30.3 Å². The second kappa shape index (κ2) is 16.3. The molecule has 0 aliphatic carbocycles. The Balaban J connectivity index is 3.02. The van der Waals surface area contributed by atoms with Crippen LogP contribution in [0.25, 0.3) is 0 Å². The van der Waals surface area contributed by atoms with Gasteiger partial charge in [0.15, 0.2) is 0 Å². The standard InChI is InChI=1S/C25H36F3N7O3/c1-17(25(26,27)28)8-11-21(32-2)34-24(38)20(10-9-18-6-4-3-5-7-18)33-23(37)19(31)16-22(36)35(14-12-29)15-13-30/h3-8,11,19-20H,2,9-10,12-16,29-31H2,1H3,(H,33,37)(H,34,38). The number of benzene rings is 1. The van der Waals surface area contributed by atoms with Crippen LogP contribution in [0.3, 0.4) is 0 Å². The maximum Gasteiger partial charge on any atom is 0.412 e. The minimum atomic E-state index is -4.55. The topological polar surface area (TPSA) is 169 Å². The van der Waals surface area contributed by atoms with E-state index in [-0.39, 0.29) is 44.8 Å². The van der Waals surface area contributed by atoms with Crippen LogP contribution in [0.15, 0.2) is 58.9 Å². The van der Waals surface area contributed by atoms with Crippen LogP contribution >= 0.6 is 0 Å². The summed E-state index contributed by atoms with van der Waals surface area (Å²) in [6, 6.07) is 6.74. The highest BCUT2D eigenvalue weighted by Gasteiger charge is 2.30. The lowest BCUT2D eigenvalue weighted by molar-refractivity contribution is -0.135. The molecule has 2 atom stereocenters. The number of hydrogen-bond donors (Lipinski definition) is 5. The number of hydrogen-bond acceptors (Lipinski definition) is 7. The zero-order chi connectivity index (χ0) is 28.7. The van der Waals surface area contributed by atoms with Gasteiger partial charge in [-0.15, -0.1) is 0 Å². The van der Waals surface area contributed by atoms with Gasteiger partial charge < -0.3 is 32.7 Å². The summed E-state index contributed by atoms with van der Waals surface area (Å²) < 4.78 is 38.3. The number of alkyl halides is 3. The molecule has 0 fully saturated rings. The summed E-state index contributed by atoms with van der Waals surface area (Å²) in [6.45, 7) is 5.05. The van der Waals surface area contributed by atoms with Gasteiger partial charge in [0, 0.05) is 31.8 Å². The Kier molecular flexibility index (Phi) is 14.0. The third-order valence-corrected chi connectivity index (χ3v) is 5.44. The van der Waals surface area contributed by atoms with E-state index in [1.165, 1.54) is 4.90 Å². The molecule has 210 valence electrons. The van der Waals surface area contributed by atoms with Crippen LogP contribution in [-0.2, 0) is 20.8 Å². The zero-order valence-corrected chi connectivity index (χ0v) is 21.3. The van der Waals surface area contributed by atoms with Crippen molar-refractivity contribution < 1.29 is 27.6 Å². The first-order valence-electron chi connectivity index (χ1n) is 11.9. The van der Waals surface area contributed by atoms with Crippen LogP contribution in [0.5, 0.6) is 0 Å². The van der Waals surface area contributed by atoms with Gasteiger partial charge in [-0.05, 0) is 38.1 Å². The molecule has 0 radical (unpaired) electrons. The highest BCUT2D eigenvalue weighted by Crippen LogP contribution is 2.24. The zero-order valence-electron chi connectivity index (χ0n) is 21.3. The molecule has 1 aromatic rings. The molecular formula is C25H36F3N7O3. The van der Waals surface area contributed by atoms with Crippen LogP contribution in [-0.4, -0.2) is 73.8 Å². The van der Waals surface area contributed by atoms with Gasteiger partial charge in [0.2, 0.25) is 17.7 Å². The number of aryl methyl sites for hydroxylation is 1. The molecule has 38 heavy (non-hydrogen) atoms. The highest BCUT2D eigenvalue weighted by atomic mass is 19.4. The fourth-order valence-corrected chi connectivity index (χ4v) is 3.23. The molecule has 0 saturated heterocycles. The molecule has 0 aliphatic heterocycles. The maximum absolute atomic E-state index is 13.0. The molecular weight excluding hydrogens is 503 g/mol. The number of rotatable bonds is 15. The number of halogens is 3. The van der Waals surface area contributed by atoms with Crippen molar-refractivity contribution in [3.8, 4) is 0 Å². The van der Waals surface area contributed by atoms with Crippen LogP contribution in [0.4, 0.5) is 13.2 Å². The van der Waals surface area contributed by atoms with Crippen LogP contribution < -0.4 is 27.8 Å². The molecule has 3 amide bonds. The summed E-state index contributed by atoms with van der Waals surface area (Å²) in [7, 11) is 0. The van der Waals surface area contributed by atoms with Crippen molar-refractivity contribution >= 4 is 24.4 Å². The van der Waals surface area contributed by atoms with Crippen molar-refractivity contribution in [3.05, 3.63) is 59.4 Å². The second-order valence-electron chi connectivity index (χ2n) is 8.40. The lowest BCUT2D eigenvalue weighted by Gasteiger charge is -2.24. The third kappa shape index (κ3) is 11.7. The van der Waals surface area contributed by atoms with Crippen LogP contribution in [0.1, 0.15) is 25.3 Å². The Morgan fingerprint density at radius 3 is 2.21 bits per heavy atom. The normalized spacial score (nSPS) is 13.9. The molecule has 1 aromatic carbocycles. The third-order valence-electron chi connectivity index (χ3n) is 5.44. The van der Waals surface area contributed by atoms with Gasteiger partial charge in [-0.3, -0.25) is 14.4 Å². The fourth-order valence-electron chi connectivity index (χ4n) is 3.23. The summed E-state index contributed by atoms with van der Waals surface area (Å²) in [5.74, 6) is -2.15. The van der Waals surface area contributed by atoms with E-state index < -0.39 is 41.6 Å². The fraction of sp³-hybridized carbons (Fsp3) is 0.440. The predicted octanol–water partition coefficient (Wildman–Crippen LogP) is 0.734. The minimum absolute atomic E-state index is 0.135. The lowest BCUT2D eigenvalue weighted by atomic mass is 10.0. The number of carbonyl (C=O) groups is 3. The molecule has 13 heteroatoms.